The van der Waals surface area contributed by atoms with Crippen LogP contribution >= 0.6 is 0 Å². The van der Waals surface area contributed by atoms with Gasteiger partial charge in [0, 0.05) is 31.1 Å². The Balaban J connectivity index is 1.28. The number of nitrogens with zero attached hydrogens (tertiary/aromatic N) is 1. The third kappa shape index (κ3) is 5.68. The Morgan fingerprint density at radius 1 is 1.00 bits per heavy atom. The van der Waals surface area contributed by atoms with Crippen LogP contribution in [-0.2, 0) is 17.7 Å². The van der Waals surface area contributed by atoms with Crippen molar-refractivity contribution in [3.8, 4) is 22.8 Å². The van der Waals surface area contributed by atoms with Gasteiger partial charge in [0.2, 0.25) is 0 Å². The number of aliphatic hydroxyl groups excluding tert-OH is 1. The third-order valence-electron chi connectivity index (χ3n) is 5.78. The second kappa shape index (κ2) is 10.6. The van der Waals surface area contributed by atoms with Gasteiger partial charge in [0.25, 0.3) is 0 Å². The predicted molar refractivity (Wildman–Crippen MR) is 121 cm³/mol. The van der Waals surface area contributed by atoms with Crippen molar-refractivity contribution in [2.24, 2.45) is 0 Å². The zero-order valence-corrected chi connectivity index (χ0v) is 18.5. The predicted octanol–water partition coefficient (Wildman–Crippen LogP) is 3.60. The molecular formula is C25H30N2O5. The SMILES string of the molecule is COc1ccc(CNC[C@H]2O[C@H](Cc3cc(-c4ccc(OC)cc4)on3)CC[C@@H]2O)cc1. The van der Waals surface area contributed by atoms with Gasteiger partial charge < -0.3 is 29.2 Å². The van der Waals surface area contributed by atoms with E-state index in [2.05, 4.69) is 10.5 Å². The largest absolute Gasteiger partial charge is 0.497 e. The van der Waals surface area contributed by atoms with E-state index in [0.717, 1.165) is 40.5 Å². The summed E-state index contributed by atoms with van der Waals surface area (Å²) in [5.74, 6) is 2.36. The summed E-state index contributed by atoms with van der Waals surface area (Å²) in [6, 6.07) is 17.6. The first-order valence-electron chi connectivity index (χ1n) is 10.9. The maximum Gasteiger partial charge on any atom is 0.167 e. The van der Waals surface area contributed by atoms with Gasteiger partial charge in [0.05, 0.1) is 38.2 Å². The molecule has 32 heavy (non-hydrogen) atoms. The lowest BCUT2D eigenvalue weighted by Gasteiger charge is -2.34. The van der Waals surface area contributed by atoms with Gasteiger partial charge in [-0.25, -0.2) is 0 Å². The van der Waals surface area contributed by atoms with Crippen molar-refractivity contribution in [3.63, 3.8) is 0 Å². The van der Waals surface area contributed by atoms with Crippen LogP contribution in [0.25, 0.3) is 11.3 Å². The first kappa shape index (κ1) is 22.3. The van der Waals surface area contributed by atoms with E-state index in [-0.39, 0.29) is 12.2 Å². The minimum absolute atomic E-state index is 0.00000354. The molecule has 0 unspecified atom stereocenters. The summed E-state index contributed by atoms with van der Waals surface area (Å²) < 4.78 is 22.1. The molecule has 3 aromatic rings. The number of rotatable bonds is 9. The van der Waals surface area contributed by atoms with Crippen LogP contribution in [0, 0.1) is 0 Å². The lowest BCUT2D eigenvalue weighted by molar-refractivity contribution is -0.115. The summed E-state index contributed by atoms with van der Waals surface area (Å²) in [5.41, 5.74) is 2.95. The number of methoxy groups -OCH3 is 2. The van der Waals surface area contributed by atoms with E-state index in [1.165, 1.54) is 0 Å². The Bertz CT molecular complexity index is 971. The Morgan fingerprint density at radius 2 is 1.69 bits per heavy atom. The minimum atomic E-state index is -0.471. The van der Waals surface area contributed by atoms with Gasteiger partial charge in [-0.05, 0) is 54.8 Å². The quantitative estimate of drug-likeness (QED) is 0.528. The summed E-state index contributed by atoms with van der Waals surface area (Å²) in [4.78, 5) is 0. The molecule has 4 rings (SSSR count). The first-order chi connectivity index (χ1) is 15.6. The number of nitrogens with one attached hydrogen (secondary N) is 1. The van der Waals surface area contributed by atoms with Crippen molar-refractivity contribution in [2.45, 2.75) is 44.1 Å². The van der Waals surface area contributed by atoms with E-state index in [4.69, 9.17) is 18.7 Å². The number of aliphatic hydroxyl groups is 1. The summed E-state index contributed by atoms with van der Waals surface area (Å²) in [7, 11) is 3.30. The summed E-state index contributed by atoms with van der Waals surface area (Å²) in [6.07, 6.45) is 1.44. The van der Waals surface area contributed by atoms with Crippen molar-refractivity contribution in [1.29, 1.82) is 0 Å². The van der Waals surface area contributed by atoms with Gasteiger partial charge in [-0.1, -0.05) is 17.3 Å². The molecule has 0 bridgehead atoms. The fraction of sp³-hybridized carbons (Fsp3) is 0.400. The highest BCUT2D eigenvalue weighted by Gasteiger charge is 2.30. The molecule has 0 spiro atoms. The van der Waals surface area contributed by atoms with Crippen molar-refractivity contribution in [1.82, 2.24) is 10.5 Å². The van der Waals surface area contributed by atoms with Gasteiger partial charge in [-0.2, -0.15) is 0 Å². The molecule has 170 valence electrons. The Hall–Kier alpha value is -2.87. The standard InChI is InChI=1S/C25H30N2O5/c1-29-20-7-3-17(4-8-20)15-26-16-25-23(28)12-11-22(31-25)13-19-14-24(32-27-19)18-5-9-21(30-2)10-6-18/h3-10,14,22-23,25-26,28H,11-13,15-16H2,1-2H3/t22-,23-,25+/m0/s1. The van der Waals surface area contributed by atoms with E-state index in [9.17, 15) is 5.11 Å². The van der Waals surface area contributed by atoms with E-state index in [0.29, 0.717) is 25.9 Å². The molecule has 1 saturated heterocycles. The van der Waals surface area contributed by atoms with Gasteiger partial charge in [-0.3, -0.25) is 0 Å². The molecule has 1 aliphatic rings. The number of ether oxygens (including phenoxy) is 3. The molecule has 1 aliphatic heterocycles. The minimum Gasteiger partial charge on any atom is -0.497 e. The number of hydrogen-bond donors (Lipinski definition) is 2. The molecule has 3 atom stereocenters. The molecule has 1 fully saturated rings. The van der Waals surface area contributed by atoms with E-state index in [1.807, 2.05) is 54.6 Å². The molecular weight excluding hydrogens is 408 g/mol. The van der Waals surface area contributed by atoms with Crippen LogP contribution in [0.1, 0.15) is 24.1 Å². The van der Waals surface area contributed by atoms with E-state index < -0.39 is 6.10 Å². The third-order valence-corrected chi connectivity index (χ3v) is 5.78. The molecule has 0 aliphatic carbocycles. The van der Waals surface area contributed by atoms with Gasteiger partial charge in [0.15, 0.2) is 5.76 Å². The highest BCUT2D eigenvalue weighted by molar-refractivity contribution is 5.58. The molecule has 0 saturated carbocycles. The molecule has 2 heterocycles. The molecule has 7 nitrogen and oxygen atoms in total. The van der Waals surface area contributed by atoms with Crippen molar-refractivity contribution in [2.75, 3.05) is 20.8 Å². The first-order valence-corrected chi connectivity index (χ1v) is 10.9. The van der Waals surface area contributed by atoms with E-state index in [1.54, 1.807) is 14.2 Å². The van der Waals surface area contributed by atoms with Gasteiger partial charge >= 0.3 is 0 Å². The zero-order valence-electron chi connectivity index (χ0n) is 18.5. The topological polar surface area (TPSA) is 86.0 Å². The lowest BCUT2D eigenvalue weighted by Crippen LogP contribution is -2.45. The molecule has 1 aromatic heterocycles. The second-order valence-corrected chi connectivity index (χ2v) is 8.04. The molecule has 2 N–H and O–H groups in total. The Labute approximate surface area is 188 Å². The summed E-state index contributed by atoms with van der Waals surface area (Å²) in [6.45, 7) is 1.29. The smallest absolute Gasteiger partial charge is 0.167 e. The van der Waals surface area contributed by atoms with Crippen molar-refractivity contribution >= 4 is 0 Å². The Kier molecular flexibility index (Phi) is 7.42. The van der Waals surface area contributed by atoms with Crippen LogP contribution in [0.4, 0.5) is 0 Å². The number of hydrogen-bond acceptors (Lipinski definition) is 7. The van der Waals surface area contributed by atoms with Crippen LogP contribution in [0.3, 0.4) is 0 Å². The highest BCUT2D eigenvalue weighted by Crippen LogP contribution is 2.26. The van der Waals surface area contributed by atoms with Crippen LogP contribution in [0.2, 0.25) is 0 Å². The fourth-order valence-electron chi connectivity index (χ4n) is 3.92. The molecule has 7 heteroatoms. The summed E-state index contributed by atoms with van der Waals surface area (Å²) in [5, 5.41) is 18.0. The molecule has 2 aromatic carbocycles. The second-order valence-electron chi connectivity index (χ2n) is 8.04. The number of aromatic nitrogens is 1. The van der Waals surface area contributed by atoms with Crippen LogP contribution < -0.4 is 14.8 Å². The normalized spacial score (nSPS) is 20.8. The Morgan fingerprint density at radius 3 is 2.38 bits per heavy atom. The monoisotopic (exact) mass is 438 g/mol. The number of benzene rings is 2. The fourth-order valence-corrected chi connectivity index (χ4v) is 3.92. The van der Waals surface area contributed by atoms with Crippen LogP contribution in [-0.4, -0.2) is 49.3 Å². The van der Waals surface area contributed by atoms with Gasteiger partial charge in [0.1, 0.15) is 11.5 Å². The zero-order chi connectivity index (χ0) is 22.3. The van der Waals surface area contributed by atoms with E-state index >= 15 is 0 Å². The van der Waals surface area contributed by atoms with Crippen LogP contribution in [0.5, 0.6) is 11.5 Å². The average Bonchev–Trinajstić information content (AvgIpc) is 3.30. The summed E-state index contributed by atoms with van der Waals surface area (Å²) >= 11 is 0. The molecule has 0 radical (unpaired) electrons. The van der Waals surface area contributed by atoms with Crippen molar-refractivity contribution < 1.29 is 23.8 Å². The maximum atomic E-state index is 10.4. The van der Waals surface area contributed by atoms with Gasteiger partial charge in [-0.15, -0.1) is 0 Å². The highest BCUT2D eigenvalue weighted by atomic mass is 16.5. The average molecular weight is 439 g/mol. The molecule has 0 amide bonds. The van der Waals surface area contributed by atoms with Crippen LogP contribution in [0.15, 0.2) is 59.1 Å². The lowest BCUT2D eigenvalue weighted by atomic mass is 9.98. The maximum absolute atomic E-state index is 10.4. The van der Waals surface area contributed by atoms with Crippen molar-refractivity contribution in [3.05, 3.63) is 65.9 Å².